The monoisotopic (exact) mass is 524 g/mol. The molecule has 7 nitrogen and oxygen atoms in total. The molecule has 4 aromatic rings. The van der Waals surface area contributed by atoms with Crippen LogP contribution in [0.15, 0.2) is 77.3 Å². The van der Waals surface area contributed by atoms with Gasteiger partial charge in [0.05, 0.1) is 18.6 Å². The molecule has 3 aromatic carbocycles. The van der Waals surface area contributed by atoms with Crippen molar-refractivity contribution in [1.82, 2.24) is 5.16 Å². The van der Waals surface area contributed by atoms with Crippen molar-refractivity contribution >= 4 is 17.7 Å². The largest absolute Gasteiger partial charge is 0.465 e. The number of aromatic nitrogens is 1. The molecule has 1 aromatic heterocycles. The molecule has 1 aliphatic rings. The van der Waals surface area contributed by atoms with Crippen molar-refractivity contribution in [3.8, 4) is 22.5 Å². The molecule has 0 saturated heterocycles. The second-order valence-corrected chi connectivity index (χ2v) is 9.87. The zero-order valence-corrected chi connectivity index (χ0v) is 22.5. The third-order valence-corrected chi connectivity index (χ3v) is 7.29. The van der Waals surface area contributed by atoms with Crippen molar-refractivity contribution in [3.05, 3.63) is 95.2 Å². The Morgan fingerprint density at radius 2 is 1.54 bits per heavy atom. The van der Waals surface area contributed by atoms with Gasteiger partial charge in [-0.2, -0.15) is 0 Å². The standard InChI is InChI=1S/C32H32N2O5/c1-4-37-30(35)32(18-19-32)27-15-13-25(14-16-27)24-9-11-26(12-10-24)29-28(22(3)34-39-29)33-31(36)38-20-17-23-8-6-5-7-21(23)2/h5-16H,4,17-20H2,1-3H3,(H,33,36). The number of rotatable bonds is 9. The smallest absolute Gasteiger partial charge is 0.411 e. The van der Waals surface area contributed by atoms with Crippen molar-refractivity contribution in [2.75, 3.05) is 18.5 Å². The molecule has 1 amide bonds. The van der Waals surface area contributed by atoms with Crippen LogP contribution in [-0.4, -0.2) is 30.4 Å². The van der Waals surface area contributed by atoms with Gasteiger partial charge < -0.3 is 14.0 Å². The Bertz CT molecular complexity index is 1470. The molecule has 0 aliphatic heterocycles. The SMILES string of the molecule is CCOC(=O)C1(c2ccc(-c3ccc(-c4onc(C)c4NC(=O)OCCc4ccccc4C)cc3)cc2)CC1. The average molecular weight is 525 g/mol. The van der Waals surface area contributed by atoms with E-state index in [4.69, 9.17) is 14.0 Å². The molecule has 0 unspecified atom stereocenters. The highest BCUT2D eigenvalue weighted by atomic mass is 16.5. The Hall–Kier alpha value is -4.39. The number of ether oxygens (including phenoxy) is 2. The van der Waals surface area contributed by atoms with Gasteiger partial charge in [0.15, 0.2) is 5.76 Å². The molecule has 1 fully saturated rings. The predicted octanol–water partition coefficient (Wildman–Crippen LogP) is 7.01. The quantitative estimate of drug-likeness (QED) is 0.237. The van der Waals surface area contributed by atoms with E-state index < -0.39 is 11.5 Å². The van der Waals surface area contributed by atoms with Crippen molar-refractivity contribution in [2.24, 2.45) is 0 Å². The second kappa shape index (κ2) is 11.2. The van der Waals surface area contributed by atoms with E-state index in [1.54, 1.807) is 6.92 Å². The Morgan fingerprint density at radius 1 is 0.897 bits per heavy atom. The maximum absolute atomic E-state index is 12.5. The molecular weight excluding hydrogens is 492 g/mol. The van der Waals surface area contributed by atoms with E-state index in [0.717, 1.165) is 40.7 Å². The summed E-state index contributed by atoms with van der Waals surface area (Å²) in [5, 5.41) is 6.84. The minimum Gasteiger partial charge on any atom is -0.465 e. The van der Waals surface area contributed by atoms with Crippen molar-refractivity contribution in [2.45, 2.75) is 45.4 Å². The Balaban J connectivity index is 1.24. The van der Waals surface area contributed by atoms with E-state index in [1.807, 2.05) is 86.6 Å². The number of amides is 1. The first-order valence-corrected chi connectivity index (χ1v) is 13.2. The van der Waals surface area contributed by atoms with Crippen LogP contribution in [0.5, 0.6) is 0 Å². The highest BCUT2D eigenvalue weighted by Crippen LogP contribution is 2.49. The second-order valence-electron chi connectivity index (χ2n) is 9.87. The summed E-state index contributed by atoms with van der Waals surface area (Å²) >= 11 is 0. The number of benzene rings is 3. The minimum absolute atomic E-state index is 0.135. The summed E-state index contributed by atoms with van der Waals surface area (Å²) < 4.78 is 16.3. The lowest BCUT2D eigenvalue weighted by molar-refractivity contribution is -0.146. The van der Waals surface area contributed by atoms with Crippen LogP contribution in [0.25, 0.3) is 22.5 Å². The number of nitrogens with zero attached hydrogens (tertiary/aromatic N) is 1. The number of nitrogens with one attached hydrogen (secondary N) is 1. The van der Waals surface area contributed by atoms with Gasteiger partial charge in [-0.25, -0.2) is 4.79 Å². The van der Waals surface area contributed by atoms with Crippen LogP contribution in [0, 0.1) is 13.8 Å². The number of hydrogen-bond donors (Lipinski definition) is 1. The van der Waals surface area contributed by atoms with Crippen LogP contribution < -0.4 is 5.32 Å². The number of carbonyl (C=O) groups excluding carboxylic acids is 2. The van der Waals surface area contributed by atoms with Gasteiger partial charge in [0.1, 0.15) is 11.4 Å². The molecule has 0 bridgehead atoms. The average Bonchev–Trinajstić information content (AvgIpc) is 3.69. The van der Waals surface area contributed by atoms with Gasteiger partial charge in [-0.15, -0.1) is 0 Å². The zero-order valence-electron chi connectivity index (χ0n) is 22.5. The fourth-order valence-corrected chi connectivity index (χ4v) is 4.80. The molecule has 200 valence electrons. The van der Waals surface area contributed by atoms with E-state index >= 15 is 0 Å². The molecule has 1 aliphatic carbocycles. The van der Waals surface area contributed by atoms with Crippen molar-refractivity contribution in [1.29, 1.82) is 0 Å². The maximum Gasteiger partial charge on any atom is 0.411 e. The molecule has 0 atom stereocenters. The first kappa shape index (κ1) is 26.2. The summed E-state index contributed by atoms with van der Waals surface area (Å²) in [6.07, 6.45) is 1.74. The number of aryl methyl sites for hydroxylation is 2. The molecular formula is C32H32N2O5. The van der Waals surface area contributed by atoms with Crippen LogP contribution >= 0.6 is 0 Å². The minimum atomic E-state index is -0.552. The molecule has 0 radical (unpaired) electrons. The molecule has 39 heavy (non-hydrogen) atoms. The number of hydrogen-bond acceptors (Lipinski definition) is 6. The van der Waals surface area contributed by atoms with Crippen LogP contribution in [0.2, 0.25) is 0 Å². The van der Waals surface area contributed by atoms with E-state index in [-0.39, 0.29) is 12.6 Å². The molecule has 1 heterocycles. The van der Waals surface area contributed by atoms with Gasteiger partial charge in [-0.1, -0.05) is 78.0 Å². The summed E-state index contributed by atoms with van der Waals surface area (Å²) in [4.78, 5) is 24.9. The highest BCUT2D eigenvalue weighted by Gasteiger charge is 2.52. The first-order chi connectivity index (χ1) is 18.9. The third kappa shape index (κ3) is 5.58. The van der Waals surface area contributed by atoms with Crippen LogP contribution in [0.1, 0.15) is 42.1 Å². The fraction of sp³-hybridized carbons (Fsp3) is 0.281. The lowest BCUT2D eigenvalue weighted by atomic mass is 9.93. The molecule has 1 saturated carbocycles. The maximum atomic E-state index is 12.5. The van der Waals surface area contributed by atoms with Crippen molar-refractivity contribution < 1.29 is 23.6 Å². The fourth-order valence-electron chi connectivity index (χ4n) is 4.80. The van der Waals surface area contributed by atoms with Gasteiger partial charge in [-0.3, -0.25) is 10.1 Å². The number of esters is 1. The Morgan fingerprint density at radius 3 is 2.18 bits per heavy atom. The highest BCUT2D eigenvalue weighted by molar-refractivity contribution is 5.91. The first-order valence-electron chi connectivity index (χ1n) is 13.2. The Kier molecular flexibility index (Phi) is 7.50. The van der Waals surface area contributed by atoms with E-state index in [0.29, 0.717) is 30.2 Å². The topological polar surface area (TPSA) is 90.7 Å². The number of anilines is 1. The van der Waals surface area contributed by atoms with Crippen molar-refractivity contribution in [3.63, 3.8) is 0 Å². The summed E-state index contributed by atoms with van der Waals surface area (Å²) in [7, 11) is 0. The van der Waals surface area contributed by atoms with Gasteiger partial charge in [0.25, 0.3) is 0 Å². The van der Waals surface area contributed by atoms with Crippen LogP contribution in [0.3, 0.4) is 0 Å². The molecule has 5 rings (SSSR count). The lowest BCUT2D eigenvalue weighted by Gasteiger charge is -2.14. The Labute approximate surface area is 228 Å². The third-order valence-electron chi connectivity index (χ3n) is 7.29. The zero-order chi connectivity index (χ0) is 27.4. The summed E-state index contributed by atoms with van der Waals surface area (Å²) in [5.41, 5.74) is 6.73. The van der Waals surface area contributed by atoms with Crippen LogP contribution in [-0.2, 0) is 26.1 Å². The molecule has 7 heteroatoms. The van der Waals surface area contributed by atoms with Gasteiger partial charge >= 0.3 is 12.1 Å². The summed E-state index contributed by atoms with van der Waals surface area (Å²) in [5.74, 6) is 0.333. The molecule has 1 N–H and O–H groups in total. The van der Waals surface area contributed by atoms with Gasteiger partial charge in [-0.05, 0) is 61.4 Å². The predicted molar refractivity (Wildman–Crippen MR) is 150 cm³/mol. The normalized spacial score (nSPS) is 13.5. The van der Waals surface area contributed by atoms with E-state index in [9.17, 15) is 9.59 Å². The van der Waals surface area contributed by atoms with Gasteiger partial charge in [0, 0.05) is 12.0 Å². The van der Waals surface area contributed by atoms with E-state index in [1.165, 1.54) is 5.56 Å². The summed E-state index contributed by atoms with van der Waals surface area (Å²) in [6, 6.07) is 24.0. The number of carbonyl (C=O) groups is 2. The molecule has 0 spiro atoms. The summed E-state index contributed by atoms with van der Waals surface area (Å²) in [6.45, 7) is 6.30. The van der Waals surface area contributed by atoms with Crippen LogP contribution in [0.4, 0.5) is 10.5 Å². The van der Waals surface area contributed by atoms with E-state index in [2.05, 4.69) is 10.5 Å². The van der Waals surface area contributed by atoms with Gasteiger partial charge in [0.2, 0.25) is 0 Å². The lowest BCUT2D eigenvalue weighted by Crippen LogP contribution is -2.23.